The van der Waals surface area contributed by atoms with Gasteiger partial charge < -0.3 is 9.84 Å². The number of carbonyl (C=O) groups is 1. The summed E-state index contributed by atoms with van der Waals surface area (Å²) in [5.41, 5.74) is 0.153. The molecule has 0 saturated carbocycles. The number of hydrogen-bond acceptors (Lipinski definition) is 6. The summed E-state index contributed by atoms with van der Waals surface area (Å²) in [7, 11) is 0. The molecule has 8 nitrogen and oxygen atoms in total. The molecule has 0 atom stereocenters. The van der Waals surface area contributed by atoms with Crippen LogP contribution in [0.15, 0.2) is 30.7 Å². The van der Waals surface area contributed by atoms with E-state index in [1.165, 1.54) is 31.5 Å². The smallest absolute Gasteiger partial charge is 0.339 e. The monoisotopic (exact) mass is 275 g/mol. The van der Waals surface area contributed by atoms with Crippen LogP contribution in [0.25, 0.3) is 0 Å². The molecule has 0 unspecified atom stereocenters. The van der Waals surface area contributed by atoms with Crippen molar-refractivity contribution in [3.05, 3.63) is 52.0 Å². The van der Waals surface area contributed by atoms with Crippen molar-refractivity contribution in [2.24, 2.45) is 0 Å². The highest BCUT2D eigenvalue weighted by molar-refractivity contribution is 5.90. The zero-order chi connectivity index (χ0) is 14.7. The molecule has 102 valence electrons. The Morgan fingerprint density at radius 3 is 2.80 bits per heavy atom. The molecule has 0 aromatic carbocycles. The van der Waals surface area contributed by atoms with Crippen molar-refractivity contribution in [1.29, 1.82) is 0 Å². The summed E-state index contributed by atoms with van der Waals surface area (Å²) in [5.74, 6) is -1.09. The third kappa shape index (κ3) is 2.69. The van der Waals surface area contributed by atoms with E-state index < -0.39 is 10.9 Å². The molecule has 0 radical (unpaired) electrons. The predicted molar refractivity (Wildman–Crippen MR) is 66.9 cm³/mol. The van der Waals surface area contributed by atoms with Gasteiger partial charge >= 0.3 is 5.97 Å². The lowest BCUT2D eigenvalue weighted by atomic mass is 10.2. The molecule has 0 saturated heterocycles. The Kier molecular flexibility index (Phi) is 3.56. The van der Waals surface area contributed by atoms with Crippen LogP contribution in [0.5, 0.6) is 11.6 Å². The van der Waals surface area contributed by atoms with Crippen LogP contribution in [0, 0.1) is 17.0 Å². The van der Waals surface area contributed by atoms with Gasteiger partial charge in [-0.15, -0.1) is 0 Å². The number of rotatable bonds is 4. The van der Waals surface area contributed by atoms with Crippen molar-refractivity contribution in [1.82, 2.24) is 9.97 Å². The highest BCUT2D eigenvalue weighted by Gasteiger charge is 2.15. The van der Waals surface area contributed by atoms with E-state index in [9.17, 15) is 14.9 Å². The van der Waals surface area contributed by atoms with Crippen molar-refractivity contribution in [2.45, 2.75) is 6.92 Å². The van der Waals surface area contributed by atoms with Gasteiger partial charge in [0.05, 0.1) is 11.1 Å². The fraction of sp³-hybridized carbons (Fsp3) is 0.0833. The largest absolute Gasteiger partial charge is 0.478 e. The minimum atomic E-state index is -1.17. The van der Waals surface area contributed by atoms with Crippen molar-refractivity contribution < 1.29 is 19.6 Å². The average molecular weight is 275 g/mol. The highest BCUT2D eigenvalue weighted by Crippen LogP contribution is 2.26. The van der Waals surface area contributed by atoms with Crippen LogP contribution in [-0.2, 0) is 0 Å². The van der Waals surface area contributed by atoms with Crippen LogP contribution in [0.4, 0.5) is 5.69 Å². The maximum Gasteiger partial charge on any atom is 0.339 e. The number of pyridine rings is 2. The van der Waals surface area contributed by atoms with E-state index in [1.54, 1.807) is 0 Å². The number of aryl methyl sites for hydroxylation is 1. The summed E-state index contributed by atoms with van der Waals surface area (Å²) in [4.78, 5) is 28.7. The molecule has 0 aliphatic carbocycles. The van der Waals surface area contributed by atoms with E-state index in [-0.39, 0.29) is 22.9 Å². The number of aromatic carboxylic acids is 1. The maximum absolute atomic E-state index is 11.0. The first-order valence-corrected chi connectivity index (χ1v) is 5.45. The van der Waals surface area contributed by atoms with Crippen LogP contribution in [0.1, 0.15) is 15.9 Å². The van der Waals surface area contributed by atoms with Crippen LogP contribution in [-0.4, -0.2) is 26.0 Å². The zero-order valence-electron chi connectivity index (χ0n) is 10.3. The Morgan fingerprint density at radius 1 is 1.45 bits per heavy atom. The first kappa shape index (κ1) is 13.4. The van der Waals surface area contributed by atoms with Gasteiger partial charge in [-0.1, -0.05) is 0 Å². The zero-order valence-corrected chi connectivity index (χ0v) is 10.3. The normalized spacial score (nSPS) is 10.1. The first-order chi connectivity index (χ1) is 9.49. The number of aromatic nitrogens is 2. The molecule has 2 rings (SSSR count). The van der Waals surface area contributed by atoms with Gasteiger partial charge in [0.2, 0.25) is 5.88 Å². The van der Waals surface area contributed by atoms with Gasteiger partial charge in [-0.05, 0) is 13.0 Å². The van der Waals surface area contributed by atoms with Crippen molar-refractivity contribution in [3.8, 4) is 11.6 Å². The number of carboxylic acids is 1. The number of nitro groups is 1. The van der Waals surface area contributed by atoms with Crippen molar-refractivity contribution in [3.63, 3.8) is 0 Å². The fourth-order valence-electron chi connectivity index (χ4n) is 1.52. The van der Waals surface area contributed by atoms with Crippen LogP contribution < -0.4 is 4.74 Å². The second kappa shape index (κ2) is 5.31. The molecule has 0 fully saturated rings. The molecule has 1 N–H and O–H groups in total. The van der Waals surface area contributed by atoms with E-state index in [0.29, 0.717) is 5.56 Å². The van der Waals surface area contributed by atoms with Crippen molar-refractivity contribution >= 4 is 11.7 Å². The Morgan fingerprint density at radius 2 is 2.20 bits per heavy atom. The minimum Gasteiger partial charge on any atom is -0.478 e. The van der Waals surface area contributed by atoms with Gasteiger partial charge in [-0.2, -0.15) is 0 Å². The SMILES string of the molecule is Cc1cc(Oc2cnccc2C(=O)O)ncc1[N+](=O)[O-]. The quantitative estimate of drug-likeness (QED) is 0.671. The highest BCUT2D eigenvalue weighted by atomic mass is 16.6. The van der Waals surface area contributed by atoms with Gasteiger partial charge in [-0.25, -0.2) is 9.78 Å². The summed E-state index contributed by atoms with van der Waals surface area (Å²) >= 11 is 0. The molecule has 2 aromatic rings. The molecule has 2 heterocycles. The Bertz CT molecular complexity index is 687. The van der Waals surface area contributed by atoms with Crippen LogP contribution >= 0.6 is 0 Å². The molecule has 20 heavy (non-hydrogen) atoms. The third-order valence-electron chi connectivity index (χ3n) is 2.48. The Balaban J connectivity index is 2.34. The summed E-state index contributed by atoms with van der Waals surface area (Å²) in [6.45, 7) is 1.54. The van der Waals surface area contributed by atoms with E-state index in [0.717, 1.165) is 6.20 Å². The second-order valence-electron chi connectivity index (χ2n) is 3.85. The summed E-state index contributed by atoms with van der Waals surface area (Å²) < 4.78 is 5.31. The molecule has 8 heteroatoms. The fourth-order valence-corrected chi connectivity index (χ4v) is 1.52. The lowest BCUT2D eigenvalue weighted by molar-refractivity contribution is -0.385. The molecule has 0 aliphatic rings. The average Bonchev–Trinajstić information content (AvgIpc) is 2.38. The van der Waals surface area contributed by atoms with Gasteiger partial charge in [0.15, 0.2) is 5.75 Å². The molecule has 2 aromatic heterocycles. The van der Waals surface area contributed by atoms with E-state index in [4.69, 9.17) is 9.84 Å². The molecule has 0 aliphatic heterocycles. The van der Waals surface area contributed by atoms with E-state index in [1.807, 2.05) is 0 Å². The molecule has 0 bridgehead atoms. The summed E-state index contributed by atoms with van der Waals surface area (Å²) in [6.07, 6.45) is 3.62. The van der Waals surface area contributed by atoms with Crippen LogP contribution in [0.3, 0.4) is 0 Å². The third-order valence-corrected chi connectivity index (χ3v) is 2.48. The number of hydrogen-bond donors (Lipinski definition) is 1. The predicted octanol–water partition coefficient (Wildman–Crippen LogP) is 2.18. The minimum absolute atomic E-state index is 0.0146. The number of carboxylic acid groups (broad SMARTS) is 1. The standard InChI is InChI=1S/C12H9N3O5/c1-7-4-11(14-5-9(7)15(18)19)20-10-6-13-3-2-8(10)12(16)17/h2-6H,1H3,(H,16,17). The van der Waals surface area contributed by atoms with Crippen LogP contribution in [0.2, 0.25) is 0 Å². The molecular weight excluding hydrogens is 266 g/mol. The first-order valence-electron chi connectivity index (χ1n) is 5.45. The van der Waals surface area contributed by atoms with E-state index in [2.05, 4.69) is 9.97 Å². The lowest BCUT2D eigenvalue weighted by Crippen LogP contribution is -2.01. The molecule has 0 spiro atoms. The van der Waals surface area contributed by atoms with Gasteiger partial charge in [-0.3, -0.25) is 15.1 Å². The number of nitrogens with zero attached hydrogens (tertiary/aromatic N) is 3. The molecular formula is C12H9N3O5. The number of ether oxygens (including phenoxy) is 1. The van der Waals surface area contributed by atoms with Gasteiger partial charge in [0.25, 0.3) is 5.69 Å². The summed E-state index contributed by atoms with van der Waals surface area (Å²) in [5, 5.41) is 19.7. The van der Waals surface area contributed by atoms with E-state index >= 15 is 0 Å². The lowest BCUT2D eigenvalue weighted by Gasteiger charge is -2.07. The van der Waals surface area contributed by atoms with Crippen molar-refractivity contribution in [2.75, 3.05) is 0 Å². The summed E-state index contributed by atoms with van der Waals surface area (Å²) in [6, 6.07) is 2.65. The second-order valence-corrected chi connectivity index (χ2v) is 3.85. The Hall–Kier alpha value is -3.03. The molecule has 0 amide bonds. The maximum atomic E-state index is 11.0. The Labute approximate surface area is 112 Å². The van der Waals surface area contributed by atoms with Gasteiger partial charge in [0.1, 0.15) is 11.8 Å². The van der Waals surface area contributed by atoms with Gasteiger partial charge in [0, 0.05) is 17.8 Å². The topological polar surface area (TPSA) is 115 Å².